The quantitative estimate of drug-likeness (QED) is 0.588. The molecule has 4 heterocycles. The normalized spacial score (nSPS) is 19.1. The zero-order chi connectivity index (χ0) is 24.3. The highest BCUT2D eigenvalue weighted by atomic mass is 19.4. The fourth-order valence-corrected chi connectivity index (χ4v) is 4.87. The molecule has 0 unspecified atom stereocenters. The predicted molar refractivity (Wildman–Crippen MR) is 114 cm³/mol. The van der Waals surface area contributed by atoms with Crippen molar-refractivity contribution in [3.8, 4) is 0 Å². The average Bonchev–Trinajstić information content (AvgIpc) is 3.00. The maximum Gasteiger partial charge on any atom is 0.401 e. The number of alkyl halides is 3. The van der Waals surface area contributed by atoms with Crippen LogP contribution in [0.25, 0.3) is 11.0 Å². The molecule has 1 saturated heterocycles. The number of carboxylic acid groups (broad SMARTS) is 1. The van der Waals surface area contributed by atoms with Gasteiger partial charge in [-0.2, -0.15) is 13.2 Å². The van der Waals surface area contributed by atoms with Crippen molar-refractivity contribution in [2.75, 3.05) is 30.7 Å². The Kier molecular flexibility index (Phi) is 5.54. The third kappa shape index (κ3) is 4.11. The summed E-state index contributed by atoms with van der Waals surface area (Å²) in [6.45, 7) is 3.11. The van der Waals surface area contributed by atoms with E-state index in [1.807, 2.05) is 13.8 Å². The Hall–Kier alpha value is -2.89. The Labute approximate surface area is 186 Å². The lowest BCUT2D eigenvalue weighted by Gasteiger charge is -2.33. The number of carboxylic acids is 1. The molecule has 0 aliphatic carbocycles. The molecule has 0 bridgehead atoms. The molecule has 0 aromatic carbocycles. The summed E-state index contributed by atoms with van der Waals surface area (Å²) in [5.41, 5.74) is 4.00. The first-order valence-electron chi connectivity index (χ1n) is 10.7. The number of rotatable bonds is 4. The minimum atomic E-state index is -4.28. The van der Waals surface area contributed by atoms with Gasteiger partial charge in [-0.1, -0.05) is 0 Å². The van der Waals surface area contributed by atoms with E-state index in [1.54, 1.807) is 4.57 Å². The zero-order valence-electron chi connectivity index (χ0n) is 18.2. The third-order valence-electron chi connectivity index (χ3n) is 6.50. The number of aromatic carboxylic acids is 1. The fraction of sp³-hybridized carbons (Fsp3) is 0.571. The van der Waals surface area contributed by atoms with Gasteiger partial charge in [0.25, 0.3) is 0 Å². The molecular weight excluding hydrogens is 446 g/mol. The molecule has 4 rings (SSSR count). The van der Waals surface area contributed by atoms with Crippen molar-refractivity contribution in [1.29, 1.82) is 0 Å². The van der Waals surface area contributed by atoms with Crippen LogP contribution in [-0.4, -0.2) is 57.4 Å². The van der Waals surface area contributed by atoms with Crippen LogP contribution in [-0.2, 0) is 12.0 Å². The van der Waals surface area contributed by atoms with Crippen LogP contribution < -0.4 is 16.5 Å². The Morgan fingerprint density at radius 3 is 2.52 bits per heavy atom. The molecule has 2 aromatic heterocycles. The van der Waals surface area contributed by atoms with E-state index in [4.69, 9.17) is 5.73 Å². The smallest absolute Gasteiger partial charge is 0.401 e. The lowest BCUT2D eigenvalue weighted by Crippen LogP contribution is -2.43. The second kappa shape index (κ2) is 7.86. The molecular formula is C21H25F4N5O3. The summed E-state index contributed by atoms with van der Waals surface area (Å²) in [5, 5.41) is 12.3. The molecule has 2 aromatic rings. The number of aromatic nitrogens is 2. The van der Waals surface area contributed by atoms with Crippen molar-refractivity contribution in [3.63, 3.8) is 0 Å². The summed E-state index contributed by atoms with van der Waals surface area (Å²) in [7, 11) is 0. The minimum Gasteiger partial charge on any atom is -0.477 e. The van der Waals surface area contributed by atoms with Gasteiger partial charge in [0.2, 0.25) is 5.43 Å². The Balaban J connectivity index is 1.74. The summed E-state index contributed by atoms with van der Waals surface area (Å²) < 4.78 is 54.6. The lowest BCUT2D eigenvalue weighted by atomic mass is 10.0. The van der Waals surface area contributed by atoms with Gasteiger partial charge in [0.15, 0.2) is 11.6 Å². The van der Waals surface area contributed by atoms with Crippen LogP contribution in [0.15, 0.2) is 4.79 Å². The van der Waals surface area contributed by atoms with Crippen LogP contribution >= 0.6 is 0 Å². The number of carbonyl (C=O) groups is 1. The first-order chi connectivity index (χ1) is 15.3. The number of hydrogen-bond acceptors (Lipinski definition) is 6. The Morgan fingerprint density at radius 2 is 1.94 bits per heavy atom. The van der Waals surface area contributed by atoms with Gasteiger partial charge in [-0.25, -0.2) is 14.2 Å². The predicted octanol–water partition coefficient (Wildman–Crippen LogP) is 2.94. The monoisotopic (exact) mass is 471 g/mol. The summed E-state index contributed by atoms with van der Waals surface area (Å²) >= 11 is 0. The number of nitrogens with one attached hydrogen (secondary N) is 1. The molecule has 4 N–H and O–H groups in total. The van der Waals surface area contributed by atoms with E-state index < -0.39 is 46.7 Å². The molecule has 0 radical (unpaired) electrons. The van der Waals surface area contributed by atoms with Crippen molar-refractivity contribution in [2.45, 2.75) is 57.3 Å². The number of nitrogen functional groups attached to an aromatic ring is 1. The molecule has 2 aliphatic heterocycles. The number of halogens is 4. The highest BCUT2D eigenvalue weighted by molar-refractivity contribution is 5.98. The van der Waals surface area contributed by atoms with Gasteiger partial charge in [-0.05, 0) is 39.5 Å². The molecule has 180 valence electrons. The largest absolute Gasteiger partial charge is 0.477 e. The van der Waals surface area contributed by atoms with Crippen LogP contribution in [0.3, 0.4) is 0 Å². The van der Waals surface area contributed by atoms with Gasteiger partial charge in [0, 0.05) is 30.4 Å². The van der Waals surface area contributed by atoms with Crippen molar-refractivity contribution < 1.29 is 27.5 Å². The number of nitrogens with zero attached hydrogens (tertiary/aromatic N) is 3. The Bertz CT molecular complexity index is 1180. The average molecular weight is 471 g/mol. The van der Waals surface area contributed by atoms with E-state index in [0.717, 1.165) is 0 Å². The lowest BCUT2D eigenvalue weighted by molar-refractivity contribution is -0.147. The van der Waals surface area contributed by atoms with Crippen LogP contribution in [0.5, 0.6) is 0 Å². The molecule has 12 heteroatoms. The van der Waals surface area contributed by atoms with E-state index in [1.165, 1.54) is 4.90 Å². The standard InChI is InChI=1S/C21H25F4N5O3/c1-20(2)6-3-11-12(19(32)33)16(31)13-15(26)14(22)17(28-18(13)30(11)20)27-10-4-7-29(8-5-10)9-21(23,24)25/h10H,3-9H2,1-2H3,(H,32,33)(H3,26,27,28). The summed E-state index contributed by atoms with van der Waals surface area (Å²) in [6.07, 6.45) is -2.69. The van der Waals surface area contributed by atoms with Gasteiger partial charge < -0.3 is 20.7 Å². The molecule has 1 fully saturated rings. The van der Waals surface area contributed by atoms with Crippen molar-refractivity contribution >= 4 is 28.5 Å². The van der Waals surface area contributed by atoms with Crippen molar-refractivity contribution in [1.82, 2.24) is 14.5 Å². The van der Waals surface area contributed by atoms with Gasteiger partial charge >= 0.3 is 12.1 Å². The number of hydrogen-bond donors (Lipinski definition) is 3. The van der Waals surface area contributed by atoms with E-state index in [0.29, 0.717) is 31.4 Å². The van der Waals surface area contributed by atoms with Gasteiger partial charge in [-0.3, -0.25) is 9.69 Å². The first-order valence-corrected chi connectivity index (χ1v) is 10.7. The molecule has 0 saturated carbocycles. The van der Waals surface area contributed by atoms with Crippen LogP contribution in [0.1, 0.15) is 49.2 Å². The van der Waals surface area contributed by atoms with Crippen LogP contribution in [0, 0.1) is 5.82 Å². The molecule has 0 spiro atoms. The number of fused-ring (bicyclic) bond motifs is 3. The zero-order valence-corrected chi connectivity index (χ0v) is 18.2. The Morgan fingerprint density at radius 1 is 1.30 bits per heavy atom. The van der Waals surface area contributed by atoms with Gasteiger partial charge in [-0.15, -0.1) is 0 Å². The van der Waals surface area contributed by atoms with E-state index >= 15 is 4.39 Å². The molecule has 33 heavy (non-hydrogen) atoms. The fourth-order valence-electron chi connectivity index (χ4n) is 4.87. The number of piperidine rings is 1. The van der Waals surface area contributed by atoms with Crippen LogP contribution in [0.4, 0.5) is 29.1 Å². The first kappa shape index (κ1) is 23.3. The van der Waals surface area contributed by atoms with Gasteiger partial charge in [0.1, 0.15) is 11.2 Å². The summed E-state index contributed by atoms with van der Waals surface area (Å²) in [6, 6.07) is -0.329. The molecule has 0 atom stereocenters. The summed E-state index contributed by atoms with van der Waals surface area (Å²) in [4.78, 5) is 30.4. The SMILES string of the molecule is CC1(C)CCc2c(C(=O)O)c(=O)c3c(N)c(F)c(NC4CCN(CC(F)(F)F)CC4)nc3n21. The number of pyridine rings is 2. The highest BCUT2D eigenvalue weighted by Crippen LogP contribution is 2.38. The van der Waals surface area contributed by atoms with E-state index in [-0.39, 0.29) is 36.0 Å². The maximum atomic E-state index is 15.1. The molecule has 0 amide bonds. The summed E-state index contributed by atoms with van der Waals surface area (Å²) in [5.74, 6) is -2.59. The highest BCUT2D eigenvalue weighted by Gasteiger charge is 2.37. The van der Waals surface area contributed by atoms with Crippen molar-refractivity contribution in [2.24, 2.45) is 0 Å². The minimum absolute atomic E-state index is 0.0957. The van der Waals surface area contributed by atoms with Gasteiger partial charge in [0.05, 0.1) is 17.6 Å². The third-order valence-corrected chi connectivity index (χ3v) is 6.50. The second-order valence-corrected chi connectivity index (χ2v) is 9.30. The molecule has 8 nitrogen and oxygen atoms in total. The van der Waals surface area contributed by atoms with E-state index in [9.17, 15) is 27.9 Å². The number of nitrogens with two attached hydrogens (primary N) is 1. The van der Waals surface area contributed by atoms with E-state index in [2.05, 4.69) is 10.3 Å². The second-order valence-electron chi connectivity index (χ2n) is 9.30. The van der Waals surface area contributed by atoms with Crippen molar-refractivity contribution in [3.05, 3.63) is 27.3 Å². The maximum absolute atomic E-state index is 15.1. The molecule has 2 aliphatic rings. The number of likely N-dealkylation sites (tertiary alicyclic amines) is 1. The number of anilines is 2. The topological polar surface area (TPSA) is 113 Å². The van der Waals surface area contributed by atoms with Crippen LogP contribution in [0.2, 0.25) is 0 Å².